The fourth-order valence-electron chi connectivity index (χ4n) is 2.05. The van der Waals surface area contributed by atoms with Gasteiger partial charge in [0, 0.05) is 21.1 Å². The summed E-state index contributed by atoms with van der Waals surface area (Å²) in [7, 11) is 5.81. The number of hydrogen-bond donors (Lipinski definition) is 2. The van der Waals surface area contributed by atoms with E-state index in [0.717, 1.165) is 16.9 Å². The first-order valence-corrected chi connectivity index (χ1v) is 6.39. The molecule has 7 nitrogen and oxygen atoms in total. The number of rotatable bonds is 4. The SMILES string of the molecule is CN(C)c1n[nH]c(NCc2nc3ccccc3n2C)n1. The summed E-state index contributed by atoms with van der Waals surface area (Å²) in [6.45, 7) is 0.591. The zero-order chi connectivity index (χ0) is 14.1. The lowest BCUT2D eigenvalue weighted by atomic mass is 10.3. The molecule has 2 N–H and O–H groups in total. The Bertz CT molecular complexity index is 725. The quantitative estimate of drug-likeness (QED) is 0.749. The van der Waals surface area contributed by atoms with E-state index in [1.807, 2.05) is 44.2 Å². The molecular weight excluding hydrogens is 254 g/mol. The summed E-state index contributed by atoms with van der Waals surface area (Å²) in [4.78, 5) is 10.8. The number of hydrogen-bond acceptors (Lipinski definition) is 5. The van der Waals surface area contributed by atoms with Crippen molar-refractivity contribution in [1.29, 1.82) is 0 Å². The topological polar surface area (TPSA) is 74.7 Å². The number of nitrogens with one attached hydrogen (secondary N) is 2. The summed E-state index contributed by atoms with van der Waals surface area (Å²) in [6, 6.07) is 8.08. The third-order valence-corrected chi connectivity index (χ3v) is 3.17. The Morgan fingerprint density at radius 2 is 2.05 bits per heavy atom. The van der Waals surface area contributed by atoms with Crippen molar-refractivity contribution in [3.8, 4) is 0 Å². The van der Waals surface area contributed by atoms with E-state index in [-0.39, 0.29) is 0 Å². The van der Waals surface area contributed by atoms with Crippen LogP contribution in [0.4, 0.5) is 11.9 Å². The molecule has 0 saturated carbocycles. The largest absolute Gasteiger partial charge is 0.347 e. The number of benzene rings is 1. The first-order valence-electron chi connectivity index (χ1n) is 6.39. The number of fused-ring (bicyclic) bond motifs is 1. The van der Waals surface area contributed by atoms with E-state index < -0.39 is 0 Å². The van der Waals surface area contributed by atoms with Crippen LogP contribution in [0.3, 0.4) is 0 Å². The molecule has 0 aliphatic heterocycles. The van der Waals surface area contributed by atoms with Crippen molar-refractivity contribution >= 4 is 22.9 Å². The van der Waals surface area contributed by atoms with Crippen molar-refractivity contribution in [1.82, 2.24) is 24.7 Å². The molecule has 0 amide bonds. The number of para-hydroxylation sites is 2. The van der Waals surface area contributed by atoms with E-state index in [1.165, 1.54) is 0 Å². The van der Waals surface area contributed by atoms with Crippen LogP contribution < -0.4 is 10.2 Å². The Morgan fingerprint density at radius 1 is 1.25 bits per heavy atom. The Kier molecular flexibility index (Phi) is 3.02. The molecule has 0 bridgehead atoms. The Hall–Kier alpha value is -2.57. The van der Waals surface area contributed by atoms with Crippen LogP contribution in [0.1, 0.15) is 5.82 Å². The van der Waals surface area contributed by atoms with Crippen LogP contribution in [0.15, 0.2) is 24.3 Å². The standard InChI is InChI=1S/C13H17N7/c1-19(2)13-16-12(17-18-13)14-8-11-15-9-6-4-5-7-10(9)20(11)3/h4-7H,8H2,1-3H3,(H2,14,16,17,18). The van der Waals surface area contributed by atoms with E-state index in [9.17, 15) is 0 Å². The molecule has 0 aliphatic rings. The van der Waals surface area contributed by atoms with Gasteiger partial charge in [-0.3, -0.25) is 0 Å². The fraction of sp³-hybridized carbons (Fsp3) is 0.308. The lowest BCUT2D eigenvalue weighted by molar-refractivity contribution is 0.829. The fourth-order valence-corrected chi connectivity index (χ4v) is 2.05. The summed E-state index contributed by atoms with van der Waals surface area (Å²) < 4.78 is 2.07. The minimum Gasteiger partial charge on any atom is -0.347 e. The van der Waals surface area contributed by atoms with E-state index in [4.69, 9.17) is 0 Å². The van der Waals surface area contributed by atoms with Crippen molar-refractivity contribution in [3.05, 3.63) is 30.1 Å². The van der Waals surface area contributed by atoms with Gasteiger partial charge in [-0.1, -0.05) is 12.1 Å². The van der Waals surface area contributed by atoms with Gasteiger partial charge in [0.15, 0.2) is 0 Å². The summed E-state index contributed by atoms with van der Waals surface area (Å²) in [5.41, 5.74) is 2.12. The van der Waals surface area contributed by atoms with Gasteiger partial charge in [-0.15, -0.1) is 5.10 Å². The van der Waals surface area contributed by atoms with Crippen LogP contribution in [0.2, 0.25) is 0 Å². The predicted molar refractivity (Wildman–Crippen MR) is 78.8 cm³/mol. The van der Waals surface area contributed by atoms with Crippen molar-refractivity contribution in [2.24, 2.45) is 7.05 Å². The lowest BCUT2D eigenvalue weighted by Crippen LogP contribution is -2.10. The number of aromatic amines is 1. The Labute approximate surface area is 116 Å². The van der Waals surface area contributed by atoms with Gasteiger partial charge in [0.25, 0.3) is 0 Å². The maximum Gasteiger partial charge on any atom is 0.245 e. The highest BCUT2D eigenvalue weighted by atomic mass is 15.4. The molecule has 104 valence electrons. The van der Waals surface area contributed by atoms with Crippen LogP contribution in [0.5, 0.6) is 0 Å². The molecule has 0 fully saturated rings. The van der Waals surface area contributed by atoms with Crippen LogP contribution >= 0.6 is 0 Å². The third kappa shape index (κ3) is 2.18. The molecule has 0 aliphatic carbocycles. The van der Waals surface area contributed by atoms with Gasteiger partial charge in [-0.2, -0.15) is 4.98 Å². The van der Waals surface area contributed by atoms with Gasteiger partial charge in [0.05, 0.1) is 17.6 Å². The second-order valence-corrected chi connectivity index (χ2v) is 4.81. The van der Waals surface area contributed by atoms with Gasteiger partial charge in [0.1, 0.15) is 5.82 Å². The molecule has 0 atom stereocenters. The highest BCUT2D eigenvalue weighted by molar-refractivity contribution is 5.75. The van der Waals surface area contributed by atoms with Crippen LogP contribution in [0, 0.1) is 0 Å². The molecule has 0 spiro atoms. The van der Waals surface area contributed by atoms with Crippen LogP contribution in [0.25, 0.3) is 11.0 Å². The second-order valence-electron chi connectivity index (χ2n) is 4.81. The first-order chi connectivity index (χ1) is 9.65. The Balaban J connectivity index is 1.77. The molecule has 2 aromatic heterocycles. The third-order valence-electron chi connectivity index (χ3n) is 3.17. The van der Waals surface area contributed by atoms with E-state index in [0.29, 0.717) is 18.4 Å². The van der Waals surface area contributed by atoms with Crippen LogP contribution in [-0.4, -0.2) is 38.8 Å². The molecule has 3 rings (SSSR count). The van der Waals surface area contributed by atoms with Crippen LogP contribution in [-0.2, 0) is 13.6 Å². The van der Waals surface area contributed by atoms with Gasteiger partial charge < -0.3 is 14.8 Å². The van der Waals surface area contributed by atoms with Gasteiger partial charge in [-0.05, 0) is 12.1 Å². The minimum absolute atomic E-state index is 0.591. The van der Waals surface area contributed by atoms with Gasteiger partial charge in [-0.25, -0.2) is 10.1 Å². The van der Waals surface area contributed by atoms with E-state index >= 15 is 0 Å². The maximum atomic E-state index is 4.60. The number of aryl methyl sites for hydroxylation is 1. The molecule has 0 unspecified atom stereocenters. The molecule has 0 radical (unpaired) electrons. The highest BCUT2D eigenvalue weighted by Crippen LogP contribution is 2.15. The van der Waals surface area contributed by atoms with Crippen molar-refractivity contribution in [3.63, 3.8) is 0 Å². The lowest BCUT2D eigenvalue weighted by Gasteiger charge is -2.04. The molecular formula is C13H17N7. The first kappa shape index (κ1) is 12.5. The molecule has 1 aromatic carbocycles. The molecule has 3 aromatic rings. The van der Waals surface area contributed by atoms with Crippen molar-refractivity contribution in [2.45, 2.75) is 6.54 Å². The zero-order valence-electron chi connectivity index (χ0n) is 11.8. The second kappa shape index (κ2) is 4.84. The summed E-state index contributed by atoms with van der Waals surface area (Å²) in [5.74, 6) is 2.24. The number of imidazole rings is 1. The van der Waals surface area contributed by atoms with E-state index in [1.54, 1.807) is 0 Å². The van der Waals surface area contributed by atoms with Crippen molar-refractivity contribution in [2.75, 3.05) is 24.3 Å². The number of aromatic nitrogens is 5. The molecule has 7 heteroatoms. The molecule has 0 saturated heterocycles. The Morgan fingerprint density at radius 3 is 2.75 bits per heavy atom. The minimum atomic E-state index is 0.591. The van der Waals surface area contributed by atoms with Gasteiger partial charge in [0.2, 0.25) is 11.9 Å². The van der Waals surface area contributed by atoms with Crippen molar-refractivity contribution < 1.29 is 0 Å². The zero-order valence-corrected chi connectivity index (χ0v) is 11.8. The molecule has 2 heterocycles. The predicted octanol–water partition coefficient (Wildman–Crippen LogP) is 1.37. The summed E-state index contributed by atoms with van der Waals surface area (Å²) in [5, 5.41) is 10.2. The van der Waals surface area contributed by atoms with E-state index in [2.05, 4.69) is 36.1 Å². The number of H-pyrrole nitrogens is 1. The van der Waals surface area contributed by atoms with Gasteiger partial charge >= 0.3 is 0 Å². The maximum absolute atomic E-state index is 4.60. The highest BCUT2D eigenvalue weighted by Gasteiger charge is 2.08. The average molecular weight is 271 g/mol. The number of anilines is 2. The summed E-state index contributed by atoms with van der Waals surface area (Å²) >= 11 is 0. The smallest absolute Gasteiger partial charge is 0.245 e. The monoisotopic (exact) mass is 271 g/mol. The molecule has 20 heavy (non-hydrogen) atoms. The number of nitrogens with zero attached hydrogens (tertiary/aromatic N) is 5. The normalized spacial score (nSPS) is 10.9. The summed E-state index contributed by atoms with van der Waals surface area (Å²) in [6.07, 6.45) is 0. The average Bonchev–Trinajstić information content (AvgIpc) is 3.03.